The fourth-order valence-electron chi connectivity index (χ4n) is 0.946. The molecular formula is C9H15NSi. The summed E-state index contributed by atoms with van der Waals surface area (Å²) < 4.78 is 0. The molecule has 0 saturated carbocycles. The minimum atomic E-state index is -1.18. The molecule has 0 fully saturated rings. The highest BCUT2D eigenvalue weighted by Gasteiger charge is 2.17. The van der Waals surface area contributed by atoms with Crippen molar-refractivity contribution in [3.05, 3.63) is 23.9 Å². The number of pyridine rings is 1. The summed E-state index contributed by atoms with van der Waals surface area (Å²) in [5, 5.41) is 1.30. The lowest BCUT2D eigenvalue weighted by atomic mass is 10.3. The number of nitrogens with zero attached hydrogens (tertiary/aromatic N) is 1. The first kappa shape index (κ1) is 8.46. The maximum absolute atomic E-state index is 4.37. The monoisotopic (exact) mass is 165 g/mol. The Morgan fingerprint density at radius 2 is 1.91 bits per heavy atom. The van der Waals surface area contributed by atoms with Gasteiger partial charge in [-0.1, -0.05) is 19.6 Å². The molecule has 11 heavy (non-hydrogen) atoms. The van der Waals surface area contributed by atoms with Crippen LogP contribution in [0, 0.1) is 6.92 Å². The van der Waals surface area contributed by atoms with Crippen molar-refractivity contribution in [2.45, 2.75) is 26.6 Å². The van der Waals surface area contributed by atoms with Crippen molar-refractivity contribution in [3.63, 3.8) is 0 Å². The summed E-state index contributed by atoms with van der Waals surface area (Å²) in [7, 11) is -1.18. The molecule has 1 aromatic heterocycles. The van der Waals surface area contributed by atoms with Crippen LogP contribution < -0.4 is 5.32 Å². The normalized spacial score (nSPS) is 11.6. The fourth-order valence-corrected chi connectivity index (χ4v) is 2.07. The van der Waals surface area contributed by atoms with Gasteiger partial charge < -0.3 is 0 Å². The third-order valence-electron chi connectivity index (χ3n) is 1.68. The molecule has 0 amide bonds. The molecule has 0 aliphatic carbocycles. The lowest BCUT2D eigenvalue weighted by Gasteiger charge is -2.14. The number of hydrogen-bond acceptors (Lipinski definition) is 1. The quantitative estimate of drug-likeness (QED) is 0.579. The predicted octanol–water partition coefficient (Wildman–Crippen LogP) is 1.94. The maximum atomic E-state index is 4.37. The van der Waals surface area contributed by atoms with E-state index in [0.29, 0.717) is 0 Å². The van der Waals surface area contributed by atoms with Crippen LogP contribution in [0.25, 0.3) is 0 Å². The van der Waals surface area contributed by atoms with Gasteiger partial charge in [0.1, 0.15) is 8.07 Å². The van der Waals surface area contributed by atoms with E-state index in [-0.39, 0.29) is 0 Å². The molecule has 1 aromatic rings. The molecule has 0 aliphatic heterocycles. The van der Waals surface area contributed by atoms with E-state index in [1.807, 2.05) is 12.3 Å². The minimum Gasteiger partial charge on any atom is -0.266 e. The summed E-state index contributed by atoms with van der Waals surface area (Å²) in [4.78, 5) is 4.37. The summed E-state index contributed by atoms with van der Waals surface area (Å²) in [6.45, 7) is 9.06. The molecule has 1 heterocycles. The van der Waals surface area contributed by atoms with Crippen molar-refractivity contribution in [1.29, 1.82) is 0 Å². The van der Waals surface area contributed by atoms with Crippen LogP contribution >= 0.6 is 0 Å². The van der Waals surface area contributed by atoms with Gasteiger partial charge in [-0.25, -0.2) is 0 Å². The minimum absolute atomic E-state index is 1.18. The van der Waals surface area contributed by atoms with Gasteiger partial charge in [0.25, 0.3) is 0 Å². The summed E-state index contributed by atoms with van der Waals surface area (Å²) in [5.41, 5.74) is 1.32. The molecule has 0 unspecified atom stereocenters. The Hall–Kier alpha value is -0.633. The molecule has 1 nitrogen and oxygen atoms in total. The number of aromatic nitrogens is 1. The van der Waals surface area contributed by atoms with Gasteiger partial charge in [0.2, 0.25) is 0 Å². The van der Waals surface area contributed by atoms with Gasteiger partial charge >= 0.3 is 0 Å². The van der Waals surface area contributed by atoms with Crippen molar-refractivity contribution in [1.82, 2.24) is 4.98 Å². The van der Waals surface area contributed by atoms with E-state index in [4.69, 9.17) is 0 Å². The zero-order chi connectivity index (χ0) is 8.48. The van der Waals surface area contributed by atoms with Crippen LogP contribution in [0.2, 0.25) is 19.6 Å². The lowest BCUT2D eigenvalue weighted by molar-refractivity contribution is 1.32. The summed E-state index contributed by atoms with van der Waals surface area (Å²) in [5.74, 6) is 0. The topological polar surface area (TPSA) is 12.9 Å². The van der Waals surface area contributed by atoms with Crippen LogP contribution in [0.4, 0.5) is 0 Å². The first-order chi connectivity index (χ1) is 5.00. The Bertz CT molecular complexity index is 250. The number of hydrogen-bond donors (Lipinski definition) is 0. The van der Waals surface area contributed by atoms with E-state index in [0.717, 1.165) is 0 Å². The van der Waals surface area contributed by atoms with Crippen molar-refractivity contribution in [2.24, 2.45) is 0 Å². The van der Waals surface area contributed by atoms with Crippen LogP contribution in [0.5, 0.6) is 0 Å². The van der Waals surface area contributed by atoms with Crippen molar-refractivity contribution in [3.8, 4) is 0 Å². The number of rotatable bonds is 1. The van der Waals surface area contributed by atoms with Gasteiger partial charge in [-0.05, 0) is 24.6 Å². The van der Waals surface area contributed by atoms with Crippen LogP contribution in [0.3, 0.4) is 0 Å². The van der Waals surface area contributed by atoms with Gasteiger partial charge in [0.15, 0.2) is 0 Å². The van der Waals surface area contributed by atoms with E-state index in [1.165, 1.54) is 10.9 Å². The third kappa shape index (κ3) is 2.15. The van der Waals surface area contributed by atoms with Crippen LogP contribution in [-0.2, 0) is 0 Å². The fraction of sp³-hybridized carbons (Fsp3) is 0.444. The van der Waals surface area contributed by atoms with Crippen molar-refractivity contribution in [2.75, 3.05) is 0 Å². The molecule has 0 aliphatic rings. The molecule has 0 radical (unpaired) electrons. The Kier molecular flexibility index (Phi) is 2.14. The molecule has 0 saturated heterocycles. The molecule has 0 bridgehead atoms. The second kappa shape index (κ2) is 2.78. The summed E-state index contributed by atoms with van der Waals surface area (Å²) in [6, 6.07) is 4.25. The molecule has 0 N–H and O–H groups in total. The predicted molar refractivity (Wildman–Crippen MR) is 52.0 cm³/mol. The Balaban J connectivity index is 3.06. The number of aryl methyl sites for hydroxylation is 1. The summed E-state index contributed by atoms with van der Waals surface area (Å²) in [6.07, 6.45) is 1.91. The van der Waals surface area contributed by atoms with E-state index in [2.05, 4.69) is 37.6 Å². The highest BCUT2D eigenvalue weighted by atomic mass is 28.3. The standard InChI is InChI=1S/C9H15NSi/c1-8-5-6-10-9(7-8)11(2,3)4/h5-7H,1-4H3. The van der Waals surface area contributed by atoms with Crippen molar-refractivity contribution < 1.29 is 0 Å². The van der Waals surface area contributed by atoms with E-state index in [1.54, 1.807) is 0 Å². The zero-order valence-electron chi connectivity index (χ0n) is 7.68. The van der Waals surface area contributed by atoms with Gasteiger partial charge in [-0.15, -0.1) is 0 Å². The van der Waals surface area contributed by atoms with E-state index < -0.39 is 8.07 Å². The van der Waals surface area contributed by atoms with Crippen molar-refractivity contribution >= 4 is 13.4 Å². The largest absolute Gasteiger partial charge is 0.266 e. The second-order valence-corrected chi connectivity index (χ2v) is 8.98. The van der Waals surface area contributed by atoms with Gasteiger partial charge in [0.05, 0.1) is 0 Å². The maximum Gasteiger partial charge on any atom is 0.101 e. The molecule has 2 heteroatoms. The first-order valence-electron chi connectivity index (χ1n) is 3.93. The molecule has 60 valence electrons. The molecule has 1 rings (SSSR count). The van der Waals surface area contributed by atoms with E-state index >= 15 is 0 Å². The Labute approximate surface area is 69.5 Å². The molecule has 0 atom stereocenters. The van der Waals surface area contributed by atoms with Gasteiger partial charge in [0, 0.05) is 11.5 Å². The third-order valence-corrected chi connectivity index (χ3v) is 3.49. The molecule has 0 aromatic carbocycles. The van der Waals surface area contributed by atoms with Crippen LogP contribution in [-0.4, -0.2) is 13.1 Å². The molecular weight excluding hydrogens is 150 g/mol. The van der Waals surface area contributed by atoms with Gasteiger partial charge in [-0.3, -0.25) is 4.98 Å². The van der Waals surface area contributed by atoms with Crippen LogP contribution in [0.15, 0.2) is 18.3 Å². The SMILES string of the molecule is Cc1ccnc([Si](C)(C)C)c1. The molecule has 0 spiro atoms. The van der Waals surface area contributed by atoms with Gasteiger partial charge in [-0.2, -0.15) is 0 Å². The first-order valence-corrected chi connectivity index (χ1v) is 7.43. The highest BCUT2D eigenvalue weighted by Crippen LogP contribution is 2.01. The highest BCUT2D eigenvalue weighted by molar-refractivity contribution is 6.88. The Morgan fingerprint density at radius 3 is 2.27 bits per heavy atom. The van der Waals surface area contributed by atoms with Crippen LogP contribution in [0.1, 0.15) is 5.56 Å². The Morgan fingerprint density at radius 1 is 1.27 bits per heavy atom. The average molecular weight is 165 g/mol. The summed E-state index contributed by atoms with van der Waals surface area (Å²) >= 11 is 0. The smallest absolute Gasteiger partial charge is 0.101 e. The second-order valence-electron chi connectivity index (χ2n) is 3.97. The average Bonchev–Trinajstić information content (AvgIpc) is 1.86. The lowest BCUT2D eigenvalue weighted by Crippen LogP contribution is -2.39. The zero-order valence-corrected chi connectivity index (χ0v) is 8.68. The van der Waals surface area contributed by atoms with E-state index in [9.17, 15) is 0 Å².